The van der Waals surface area contributed by atoms with Crippen LogP contribution in [0.2, 0.25) is 0 Å². The predicted molar refractivity (Wildman–Crippen MR) is 94.5 cm³/mol. The van der Waals surface area contributed by atoms with E-state index in [1.165, 1.54) is 4.88 Å². The number of hydrogen-bond acceptors (Lipinski definition) is 6. The first-order valence-corrected chi connectivity index (χ1v) is 8.85. The Balaban J connectivity index is 1.79. The Morgan fingerprint density at radius 2 is 2.12 bits per heavy atom. The van der Waals surface area contributed by atoms with E-state index in [2.05, 4.69) is 23.0 Å². The summed E-state index contributed by atoms with van der Waals surface area (Å²) in [5.41, 5.74) is 4.94. The summed E-state index contributed by atoms with van der Waals surface area (Å²) in [6.45, 7) is 3.91. The molecule has 0 aliphatic heterocycles. The maximum absolute atomic E-state index is 9.80. The van der Waals surface area contributed by atoms with Crippen molar-refractivity contribution >= 4 is 22.4 Å². The Morgan fingerprint density at radius 3 is 2.83 bits per heavy atom. The van der Waals surface area contributed by atoms with Crippen LogP contribution in [0.3, 0.4) is 0 Å². The molecule has 0 fully saturated rings. The number of aliphatic hydroxyl groups is 1. The minimum absolute atomic E-state index is 0.284. The van der Waals surface area contributed by atoms with Gasteiger partial charge >= 0.3 is 0 Å². The second kappa shape index (κ2) is 5.79. The standard InChI is InChI=1S/C18H19N3O2S/c1-9-4-12(17-14(5-9)20-16(23-3)8-19-17)18-21-13-6-11(10(2)22)7-15(13)24-18/h4-5,8,10-11,22H,6-7H2,1-3H3. The minimum atomic E-state index is -0.284. The Morgan fingerprint density at radius 1 is 1.29 bits per heavy atom. The molecule has 0 saturated heterocycles. The molecule has 2 atom stereocenters. The molecule has 0 radical (unpaired) electrons. The first-order valence-electron chi connectivity index (χ1n) is 8.03. The number of ether oxygens (including phenoxy) is 1. The fourth-order valence-corrected chi connectivity index (χ4v) is 4.43. The number of aliphatic hydroxyl groups excluding tert-OH is 1. The molecular weight excluding hydrogens is 322 g/mol. The van der Waals surface area contributed by atoms with Gasteiger partial charge in [0, 0.05) is 10.4 Å². The molecule has 2 unspecified atom stereocenters. The van der Waals surface area contributed by atoms with E-state index in [9.17, 15) is 5.11 Å². The third-order valence-electron chi connectivity index (χ3n) is 4.57. The van der Waals surface area contributed by atoms with Crippen molar-refractivity contribution in [2.24, 2.45) is 5.92 Å². The number of hydrogen-bond donors (Lipinski definition) is 1. The summed E-state index contributed by atoms with van der Waals surface area (Å²) in [7, 11) is 1.59. The van der Waals surface area contributed by atoms with Gasteiger partial charge in [-0.3, -0.25) is 0 Å². The van der Waals surface area contributed by atoms with E-state index < -0.39 is 0 Å². The van der Waals surface area contributed by atoms with Crippen molar-refractivity contribution in [2.45, 2.75) is 32.8 Å². The number of thiazole rings is 1. The van der Waals surface area contributed by atoms with Crippen molar-refractivity contribution in [3.8, 4) is 16.5 Å². The molecule has 0 amide bonds. The summed E-state index contributed by atoms with van der Waals surface area (Å²) in [5.74, 6) is 0.812. The lowest BCUT2D eigenvalue weighted by atomic mass is 10.0. The van der Waals surface area contributed by atoms with E-state index in [1.54, 1.807) is 24.6 Å². The molecule has 0 spiro atoms. The third kappa shape index (κ3) is 2.56. The molecule has 124 valence electrons. The lowest BCUT2D eigenvalue weighted by Crippen LogP contribution is -2.16. The van der Waals surface area contributed by atoms with Gasteiger partial charge in [0.2, 0.25) is 5.88 Å². The fraction of sp³-hybridized carbons (Fsp3) is 0.389. The molecule has 5 nitrogen and oxygen atoms in total. The highest BCUT2D eigenvalue weighted by atomic mass is 32.1. The van der Waals surface area contributed by atoms with Gasteiger partial charge in [0.25, 0.3) is 0 Å². The highest BCUT2D eigenvalue weighted by Gasteiger charge is 2.29. The lowest BCUT2D eigenvalue weighted by molar-refractivity contribution is 0.131. The Bertz CT molecular complexity index is 897. The Hall–Kier alpha value is -2.05. The molecule has 0 bridgehead atoms. The van der Waals surface area contributed by atoms with Gasteiger partial charge in [0.05, 0.1) is 36.1 Å². The zero-order valence-corrected chi connectivity index (χ0v) is 14.7. The van der Waals surface area contributed by atoms with E-state index in [0.29, 0.717) is 11.8 Å². The predicted octanol–water partition coefficient (Wildman–Crippen LogP) is 3.17. The van der Waals surface area contributed by atoms with Gasteiger partial charge in [-0.05, 0) is 50.3 Å². The average molecular weight is 341 g/mol. The third-order valence-corrected chi connectivity index (χ3v) is 5.73. The highest BCUT2D eigenvalue weighted by molar-refractivity contribution is 7.15. The Kier molecular flexibility index (Phi) is 3.73. The molecule has 1 aliphatic rings. The molecule has 2 heterocycles. The lowest BCUT2D eigenvalue weighted by Gasteiger charge is -2.11. The number of rotatable bonds is 3. The second-order valence-corrected chi connectivity index (χ2v) is 7.47. The maximum atomic E-state index is 9.80. The van der Waals surface area contributed by atoms with Gasteiger partial charge < -0.3 is 9.84 Å². The van der Waals surface area contributed by atoms with E-state index in [-0.39, 0.29) is 6.10 Å². The van der Waals surface area contributed by atoms with Crippen molar-refractivity contribution < 1.29 is 9.84 Å². The molecule has 24 heavy (non-hydrogen) atoms. The average Bonchev–Trinajstić information content (AvgIpc) is 3.12. The molecule has 1 N–H and O–H groups in total. The maximum Gasteiger partial charge on any atom is 0.232 e. The van der Waals surface area contributed by atoms with Crippen molar-refractivity contribution in [3.05, 3.63) is 34.5 Å². The van der Waals surface area contributed by atoms with Crippen molar-refractivity contribution in [3.63, 3.8) is 0 Å². The largest absolute Gasteiger partial charge is 0.480 e. The van der Waals surface area contributed by atoms with Crippen LogP contribution in [0.4, 0.5) is 0 Å². The quantitative estimate of drug-likeness (QED) is 0.792. The molecule has 0 saturated carbocycles. The summed E-state index contributed by atoms with van der Waals surface area (Å²) in [5, 5.41) is 10.8. The van der Waals surface area contributed by atoms with Gasteiger partial charge in [-0.25, -0.2) is 15.0 Å². The monoisotopic (exact) mass is 341 g/mol. The zero-order valence-electron chi connectivity index (χ0n) is 13.9. The number of aryl methyl sites for hydroxylation is 1. The summed E-state index contributed by atoms with van der Waals surface area (Å²) in [6, 6.07) is 4.13. The summed E-state index contributed by atoms with van der Waals surface area (Å²) in [6.07, 6.45) is 3.13. The molecule has 6 heteroatoms. The summed E-state index contributed by atoms with van der Waals surface area (Å²) < 4.78 is 5.18. The number of methoxy groups -OCH3 is 1. The number of benzene rings is 1. The van der Waals surface area contributed by atoms with Crippen LogP contribution in [-0.4, -0.2) is 33.3 Å². The Labute approximate surface area is 144 Å². The number of fused-ring (bicyclic) bond motifs is 2. The van der Waals surface area contributed by atoms with Crippen molar-refractivity contribution in [2.75, 3.05) is 7.11 Å². The summed E-state index contributed by atoms with van der Waals surface area (Å²) in [4.78, 5) is 15.2. The van der Waals surface area contributed by atoms with Gasteiger partial charge in [0.15, 0.2) is 0 Å². The number of aromatic nitrogens is 3. The topological polar surface area (TPSA) is 68.1 Å². The van der Waals surface area contributed by atoms with Crippen LogP contribution < -0.4 is 4.74 Å². The van der Waals surface area contributed by atoms with E-state index >= 15 is 0 Å². The van der Waals surface area contributed by atoms with Gasteiger partial charge in [-0.2, -0.15) is 0 Å². The van der Waals surface area contributed by atoms with Gasteiger partial charge in [-0.1, -0.05) is 0 Å². The normalized spacial score (nSPS) is 17.9. The minimum Gasteiger partial charge on any atom is -0.480 e. The number of nitrogens with zero attached hydrogens (tertiary/aromatic N) is 3. The summed E-state index contributed by atoms with van der Waals surface area (Å²) >= 11 is 1.71. The van der Waals surface area contributed by atoms with Crippen LogP contribution >= 0.6 is 11.3 Å². The van der Waals surface area contributed by atoms with Crippen LogP contribution in [0.15, 0.2) is 18.3 Å². The van der Waals surface area contributed by atoms with E-state index in [1.807, 2.05) is 13.0 Å². The molecular formula is C18H19N3O2S. The van der Waals surface area contributed by atoms with Crippen LogP contribution in [0, 0.1) is 12.8 Å². The van der Waals surface area contributed by atoms with Gasteiger partial charge in [-0.15, -0.1) is 11.3 Å². The zero-order chi connectivity index (χ0) is 16.8. The van der Waals surface area contributed by atoms with E-state index in [4.69, 9.17) is 9.72 Å². The van der Waals surface area contributed by atoms with Gasteiger partial charge in [0.1, 0.15) is 5.01 Å². The molecule has 1 aromatic carbocycles. The van der Waals surface area contributed by atoms with Crippen LogP contribution in [0.25, 0.3) is 21.6 Å². The molecule has 2 aromatic heterocycles. The molecule has 4 rings (SSSR count). The SMILES string of the molecule is COc1cnc2c(-c3nc4c(s3)CC(C(C)O)C4)cc(C)cc2n1. The van der Waals surface area contributed by atoms with E-state index in [0.717, 1.165) is 45.7 Å². The fourth-order valence-electron chi connectivity index (χ4n) is 3.23. The van der Waals surface area contributed by atoms with Crippen molar-refractivity contribution in [1.82, 2.24) is 15.0 Å². The molecule has 3 aromatic rings. The molecule has 1 aliphatic carbocycles. The van der Waals surface area contributed by atoms with Crippen LogP contribution in [0.5, 0.6) is 5.88 Å². The van der Waals surface area contributed by atoms with Crippen LogP contribution in [0.1, 0.15) is 23.1 Å². The second-order valence-electron chi connectivity index (χ2n) is 6.39. The smallest absolute Gasteiger partial charge is 0.232 e. The van der Waals surface area contributed by atoms with Crippen molar-refractivity contribution in [1.29, 1.82) is 0 Å². The highest BCUT2D eigenvalue weighted by Crippen LogP contribution is 2.39. The first kappa shape index (κ1) is 15.5. The first-order chi connectivity index (χ1) is 11.5. The van der Waals surface area contributed by atoms with Crippen LogP contribution in [-0.2, 0) is 12.8 Å².